The predicted octanol–water partition coefficient (Wildman–Crippen LogP) is 5.19. The number of ether oxygens (including phenoxy) is 1. The molecule has 0 radical (unpaired) electrons. The van der Waals surface area contributed by atoms with Crippen LogP contribution in [0.25, 0.3) is 0 Å². The lowest BCUT2D eigenvalue weighted by Crippen LogP contribution is -2.20. The summed E-state index contributed by atoms with van der Waals surface area (Å²) in [7, 11) is 0. The van der Waals surface area contributed by atoms with Gasteiger partial charge in [0, 0.05) is 16.9 Å². The van der Waals surface area contributed by atoms with Crippen LogP contribution in [0.2, 0.25) is 0 Å². The molecular weight excluding hydrogens is 376 g/mol. The summed E-state index contributed by atoms with van der Waals surface area (Å²) in [5.41, 5.74) is 6.31. The van der Waals surface area contributed by atoms with Crippen LogP contribution in [-0.4, -0.2) is 18.4 Å². The Hall–Kier alpha value is -3.60. The molecule has 0 aromatic heterocycles. The minimum Gasteiger partial charge on any atom is -0.484 e. The Morgan fingerprint density at radius 1 is 0.733 bits per heavy atom. The van der Waals surface area contributed by atoms with E-state index in [1.807, 2.05) is 64.1 Å². The molecule has 0 fully saturated rings. The molecule has 3 aromatic rings. The van der Waals surface area contributed by atoms with E-state index in [4.69, 9.17) is 4.74 Å². The maximum atomic E-state index is 12.5. The van der Waals surface area contributed by atoms with Crippen molar-refractivity contribution in [1.82, 2.24) is 0 Å². The van der Waals surface area contributed by atoms with Gasteiger partial charge in [0.25, 0.3) is 11.8 Å². The fourth-order valence-corrected chi connectivity index (χ4v) is 3.06. The lowest BCUT2D eigenvalue weighted by atomic mass is 10.1. The fraction of sp³-hybridized carbons (Fsp3) is 0.200. The Labute approximate surface area is 177 Å². The molecule has 0 atom stereocenters. The number of amides is 2. The third kappa shape index (κ3) is 5.47. The van der Waals surface area contributed by atoms with Crippen molar-refractivity contribution in [2.45, 2.75) is 27.7 Å². The van der Waals surface area contributed by atoms with E-state index in [0.29, 0.717) is 11.3 Å². The number of benzene rings is 3. The highest BCUT2D eigenvalue weighted by molar-refractivity contribution is 6.04. The Kier molecular flexibility index (Phi) is 6.52. The number of carbonyl (C=O) groups excluding carboxylic acids is 2. The van der Waals surface area contributed by atoms with Gasteiger partial charge in [0.05, 0.1) is 0 Å². The van der Waals surface area contributed by atoms with Crippen LogP contribution in [0.4, 0.5) is 11.4 Å². The fourth-order valence-electron chi connectivity index (χ4n) is 3.06. The van der Waals surface area contributed by atoms with Crippen LogP contribution in [-0.2, 0) is 4.79 Å². The number of aryl methyl sites for hydroxylation is 4. The summed E-state index contributed by atoms with van der Waals surface area (Å²) in [6.07, 6.45) is 0. The van der Waals surface area contributed by atoms with Gasteiger partial charge in [-0.25, -0.2) is 0 Å². The number of rotatable bonds is 6. The molecule has 0 heterocycles. The van der Waals surface area contributed by atoms with Crippen molar-refractivity contribution in [3.05, 3.63) is 88.5 Å². The summed E-state index contributed by atoms with van der Waals surface area (Å²) in [6.45, 7) is 7.78. The predicted molar refractivity (Wildman–Crippen MR) is 120 cm³/mol. The molecular formula is C25H26N2O3. The molecule has 5 nitrogen and oxygen atoms in total. The van der Waals surface area contributed by atoms with Gasteiger partial charge in [-0.3, -0.25) is 9.59 Å². The van der Waals surface area contributed by atoms with E-state index in [1.165, 1.54) is 0 Å². The highest BCUT2D eigenvalue weighted by atomic mass is 16.5. The standard InChI is InChI=1S/C25H26N2O3/c1-16-6-12-22(19(4)13-16)27-25(29)20-8-10-21(11-9-20)30-15-24(28)26-23-14-17(2)5-7-18(23)3/h5-14H,15H2,1-4H3,(H,26,28)(H,27,29). The summed E-state index contributed by atoms with van der Waals surface area (Å²) in [5, 5.41) is 5.78. The van der Waals surface area contributed by atoms with Gasteiger partial charge in [-0.1, -0.05) is 29.8 Å². The molecule has 0 aliphatic heterocycles. The maximum absolute atomic E-state index is 12.5. The van der Waals surface area contributed by atoms with Crippen LogP contribution in [0.3, 0.4) is 0 Å². The summed E-state index contributed by atoms with van der Waals surface area (Å²) in [4.78, 5) is 24.7. The first-order valence-electron chi connectivity index (χ1n) is 9.80. The third-order valence-electron chi connectivity index (χ3n) is 4.78. The smallest absolute Gasteiger partial charge is 0.262 e. The lowest BCUT2D eigenvalue weighted by molar-refractivity contribution is -0.118. The van der Waals surface area contributed by atoms with Crippen LogP contribution < -0.4 is 15.4 Å². The molecule has 2 amide bonds. The minimum atomic E-state index is -0.236. The zero-order valence-electron chi connectivity index (χ0n) is 17.7. The zero-order chi connectivity index (χ0) is 21.7. The number of carbonyl (C=O) groups is 2. The summed E-state index contributed by atoms with van der Waals surface area (Å²) in [6, 6.07) is 18.5. The number of hydrogen-bond acceptors (Lipinski definition) is 3. The summed E-state index contributed by atoms with van der Waals surface area (Å²) >= 11 is 0. The average Bonchev–Trinajstić information content (AvgIpc) is 2.71. The van der Waals surface area contributed by atoms with Crippen LogP contribution in [0.1, 0.15) is 32.6 Å². The summed E-state index contributed by atoms with van der Waals surface area (Å²) in [5.74, 6) is 0.0933. The van der Waals surface area contributed by atoms with Crippen molar-refractivity contribution < 1.29 is 14.3 Å². The van der Waals surface area contributed by atoms with Gasteiger partial charge >= 0.3 is 0 Å². The molecule has 0 spiro atoms. The quantitative estimate of drug-likeness (QED) is 0.596. The average molecular weight is 402 g/mol. The molecule has 3 aromatic carbocycles. The zero-order valence-corrected chi connectivity index (χ0v) is 17.7. The van der Waals surface area contributed by atoms with E-state index >= 15 is 0 Å². The molecule has 0 aliphatic carbocycles. The van der Waals surface area contributed by atoms with Gasteiger partial charge < -0.3 is 15.4 Å². The first kappa shape index (κ1) is 21.1. The SMILES string of the molecule is Cc1ccc(NC(=O)c2ccc(OCC(=O)Nc3cc(C)ccc3C)cc2)c(C)c1. The molecule has 5 heteroatoms. The van der Waals surface area contributed by atoms with Crippen molar-refractivity contribution in [3.8, 4) is 5.75 Å². The van der Waals surface area contributed by atoms with E-state index in [2.05, 4.69) is 10.6 Å². The topological polar surface area (TPSA) is 67.4 Å². The van der Waals surface area contributed by atoms with Gasteiger partial charge in [0.15, 0.2) is 6.61 Å². The van der Waals surface area contributed by atoms with Gasteiger partial charge in [-0.15, -0.1) is 0 Å². The number of nitrogens with one attached hydrogen (secondary N) is 2. The molecule has 3 rings (SSSR count). The van der Waals surface area contributed by atoms with Gasteiger partial charge in [0.2, 0.25) is 0 Å². The Morgan fingerprint density at radius 3 is 2.10 bits per heavy atom. The van der Waals surface area contributed by atoms with E-state index in [1.54, 1.807) is 24.3 Å². The summed E-state index contributed by atoms with van der Waals surface area (Å²) < 4.78 is 5.55. The van der Waals surface area contributed by atoms with E-state index < -0.39 is 0 Å². The molecule has 30 heavy (non-hydrogen) atoms. The molecule has 0 bridgehead atoms. The molecule has 0 unspecified atom stereocenters. The largest absolute Gasteiger partial charge is 0.484 e. The normalized spacial score (nSPS) is 10.4. The van der Waals surface area contributed by atoms with Crippen molar-refractivity contribution in [2.75, 3.05) is 17.2 Å². The first-order chi connectivity index (χ1) is 14.3. The lowest BCUT2D eigenvalue weighted by Gasteiger charge is -2.11. The molecule has 0 saturated carbocycles. The Morgan fingerprint density at radius 2 is 1.40 bits per heavy atom. The number of anilines is 2. The van der Waals surface area contributed by atoms with E-state index in [0.717, 1.165) is 33.6 Å². The van der Waals surface area contributed by atoms with Crippen molar-refractivity contribution in [1.29, 1.82) is 0 Å². The second-order valence-electron chi connectivity index (χ2n) is 7.45. The minimum absolute atomic E-state index is 0.110. The second kappa shape index (κ2) is 9.27. The van der Waals surface area contributed by atoms with Crippen molar-refractivity contribution >= 4 is 23.2 Å². The molecule has 2 N–H and O–H groups in total. The van der Waals surface area contributed by atoms with E-state index in [9.17, 15) is 9.59 Å². The van der Waals surface area contributed by atoms with Crippen LogP contribution >= 0.6 is 0 Å². The molecule has 0 saturated heterocycles. The monoisotopic (exact) mass is 402 g/mol. The molecule has 154 valence electrons. The van der Waals surface area contributed by atoms with Gasteiger partial charge in [-0.05, 0) is 80.8 Å². The number of hydrogen-bond donors (Lipinski definition) is 2. The van der Waals surface area contributed by atoms with Crippen LogP contribution in [0.15, 0.2) is 60.7 Å². The Balaban J connectivity index is 1.55. The van der Waals surface area contributed by atoms with Gasteiger partial charge in [-0.2, -0.15) is 0 Å². The molecule has 0 aliphatic rings. The van der Waals surface area contributed by atoms with Crippen molar-refractivity contribution in [3.63, 3.8) is 0 Å². The van der Waals surface area contributed by atoms with E-state index in [-0.39, 0.29) is 18.4 Å². The Bertz CT molecular complexity index is 1070. The third-order valence-corrected chi connectivity index (χ3v) is 4.78. The van der Waals surface area contributed by atoms with Crippen molar-refractivity contribution in [2.24, 2.45) is 0 Å². The highest BCUT2D eigenvalue weighted by Crippen LogP contribution is 2.19. The first-order valence-corrected chi connectivity index (χ1v) is 9.80. The highest BCUT2D eigenvalue weighted by Gasteiger charge is 2.10. The van der Waals surface area contributed by atoms with Crippen LogP contribution in [0, 0.1) is 27.7 Å². The van der Waals surface area contributed by atoms with Crippen LogP contribution in [0.5, 0.6) is 5.75 Å². The van der Waals surface area contributed by atoms with Gasteiger partial charge in [0.1, 0.15) is 5.75 Å². The maximum Gasteiger partial charge on any atom is 0.262 e. The second-order valence-corrected chi connectivity index (χ2v) is 7.45.